The van der Waals surface area contributed by atoms with Crippen LogP contribution in [0.4, 0.5) is 4.79 Å². The van der Waals surface area contributed by atoms with E-state index in [-0.39, 0.29) is 13.2 Å². The highest BCUT2D eigenvalue weighted by atomic mass is 35.5. The normalized spacial score (nSPS) is 11.9. The van der Waals surface area contributed by atoms with Gasteiger partial charge in [-0.3, -0.25) is 0 Å². The fourth-order valence-electron chi connectivity index (χ4n) is 0.507. The first-order valence-corrected chi connectivity index (χ1v) is 3.72. The van der Waals surface area contributed by atoms with Gasteiger partial charge in [-0.15, -0.1) is 4.91 Å². The summed E-state index contributed by atoms with van der Waals surface area (Å²) in [6.07, 6.45) is 0. The van der Waals surface area contributed by atoms with Gasteiger partial charge in [0.05, 0.1) is 11.9 Å². The smallest absolute Gasteiger partial charge is 0.341 e. The van der Waals surface area contributed by atoms with Gasteiger partial charge >= 0.3 is 6.03 Å². The molecule has 0 saturated heterocycles. The van der Waals surface area contributed by atoms with Gasteiger partial charge in [-0.25, -0.2) is 4.79 Å². The average Bonchev–Trinajstić information content (AvgIpc) is 2.01. The Labute approximate surface area is 74.4 Å². The van der Waals surface area contributed by atoms with Crippen LogP contribution in [0.1, 0.15) is 6.92 Å². The SMILES string of the molecule is CC(Cl)N(N=O)C(=O)NCCO. The maximum Gasteiger partial charge on any atom is 0.341 e. The van der Waals surface area contributed by atoms with Crippen molar-refractivity contribution >= 4 is 17.6 Å². The standard InChI is InChI=1S/C5H10ClN3O3/c1-4(6)9(8-12)5(11)7-2-3-10/h4,10H,2-3H2,1H3,(H,7,11). The summed E-state index contributed by atoms with van der Waals surface area (Å²) in [5, 5.41) is 13.5. The van der Waals surface area contributed by atoms with E-state index in [1.807, 2.05) is 0 Å². The van der Waals surface area contributed by atoms with E-state index in [1.54, 1.807) is 0 Å². The molecule has 1 unspecified atom stereocenters. The molecule has 0 spiro atoms. The molecular formula is C5H10ClN3O3. The van der Waals surface area contributed by atoms with Crippen LogP contribution in [-0.4, -0.2) is 34.8 Å². The van der Waals surface area contributed by atoms with Crippen LogP contribution >= 0.6 is 11.6 Å². The van der Waals surface area contributed by atoms with Gasteiger partial charge in [-0.2, -0.15) is 5.01 Å². The number of halogens is 1. The van der Waals surface area contributed by atoms with E-state index < -0.39 is 11.5 Å². The van der Waals surface area contributed by atoms with Gasteiger partial charge in [-0.1, -0.05) is 11.6 Å². The molecule has 0 aliphatic carbocycles. The van der Waals surface area contributed by atoms with Gasteiger partial charge < -0.3 is 10.4 Å². The number of hydrogen-bond acceptors (Lipinski definition) is 4. The van der Waals surface area contributed by atoms with Gasteiger partial charge in [0.15, 0.2) is 0 Å². The third kappa shape index (κ3) is 3.49. The molecule has 0 aromatic carbocycles. The van der Waals surface area contributed by atoms with Crippen molar-refractivity contribution in [3.63, 3.8) is 0 Å². The summed E-state index contributed by atoms with van der Waals surface area (Å²) in [6, 6.07) is -0.721. The molecule has 0 radical (unpaired) electrons. The number of nitroso groups, excluding NO2 is 1. The highest BCUT2D eigenvalue weighted by molar-refractivity contribution is 6.20. The highest BCUT2D eigenvalue weighted by Gasteiger charge is 2.17. The number of nitrogens with one attached hydrogen (secondary N) is 1. The molecule has 0 rings (SSSR count). The largest absolute Gasteiger partial charge is 0.395 e. The summed E-state index contributed by atoms with van der Waals surface area (Å²) < 4.78 is 0. The second-order valence-corrected chi connectivity index (χ2v) is 2.59. The monoisotopic (exact) mass is 195 g/mol. The number of aliphatic hydroxyl groups excluding tert-OH is 1. The number of hydrogen-bond donors (Lipinski definition) is 2. The molecule has 70 valence electrons. The number of urea groups is 1. The average molecular weight is 196 g/mol. The number of aliphatic hydroxyl groups is 1. The lowest BCUT2D eigenvalue weighted by atomic mass is 10.6. The van der Waals surface area contributed by atoms with Crippen LogP contribution in [0.3, 0.4) is 0 Å². The Hall–Kier alpha value is -0.880. The lowest BCUT2D eigenvalue weighted by Gasteiger charge is -2.15. The van der Waals surface area contributed by atoms with E-state index in [0.29, 0.717) is 5.01 Å². The number of nitrogens with zero attached hydrogens (tertiary/aromatic N) is 2. The van der Waals surface area contributed by atoms with Gasteiger partial charge in [0.25, 0.3) is 0 Å². The number of carbonyl (C=O) groups is 1. The fourth-order valence-corrected chi connectivity index (χ4v) is 0.632. The summed E-state index contributed by atoms with van der Waals surface area (Å²) >= 11 is 5.43. The van der Waals surface area contributed by atoms with E-state index in [2.05, 4.69) is 10.6 Å². The molecule has 0 aromatic rings. The number of rotatable bonds is 4. The molecule has 2 amide bonds. The van der Waals surface area contributed by atoms with Crippen molar-refractivity contribution in [1.29, 1.82) is 0 Å². The molecule has 0 aromatic heterocycles. The molecule has 0 aliphatic rings. The zero-order chi connectivity index (χ0) is 9.56. The van der Waals surface area contributed by atoms with Gasteiger partial charge in [0.2, 0.25) is 0 Å². The number of carbonyl (C=O) groups excluding carboxylic acids is 1. The predicted molar refractivity (Wildman–Crippen MR) is 43.4 cm³/mol. The van der Waals surface area contributed by atoms with Crippen LogP contribution in [0.2, 0.25) is 0 Å². The van der Waals surface area contributed by atoms with Gasteiger partial charge in [0.1, 0.15) is 5.50 Å². The van der Waals surface area contributed by atoms with E-state index in [9.17, 15) is 9.70 Å². The molecule has 0 fully saturated rings. The number of alkyl halides is 1. The third-order valence-corrected chi connectivity index (χ3v) is 1.21. The summed E-state index contributed by atoms with van der Waals surface area (Å²) in [6.45, 7) is 1.30. The van der Waals surface area contributed by atoms with Crippen molar-refractivity contribution in [2.45, 2.75) is 12.4 Å². The van der Waals surface area contributed by atoms with E-state index in [4.69, 9.17) is 16.7 Å². The molecule has 7 heteroatoms. The molecule has 2 N–H and O–H groups in total. The quantitative estimate of drug-likeness (QED) is 0.292. The predicted octanol–water partition coefficient (Wildman–Crippen LogP) is 0.257. The zero-order valence-corrected chi connectivity index (χ0v) is 7.28. The van der Waals surface area contributed by atoms with Gasteiger partial charge in [0, 0.05) is 6.54 Å². The molecule has 0 saturated carbocycles. The molecule has 0 aliphatic heterocycles. The fraction of sp³-hybridized carbons (Fsp3) is 0.800. The maximum absolute atomic E-state index is 10.9. The van der Waals surface area contributed by atoms with E-state index in [1.165, 1.54) is 6.92 Å². The molecule has 6 nitrogen and oxygen atoms in total. The van der Waals surface area contributed by atoms with E-state index >= 15 is 0 Å². The van der Waals surface area contributed by atoms with Crippen molar-refractivity contribution in [3.05, 3.63) is 4.91 Å². The summed E-state index contributed by atoms with van der Waals surface area (Å²) in [7, 11) is 0. The first-order chi connectivity index (χ1) is 5.63. The molecule has 12 heavy (non-hydrogen) atoms. The van der Waals surface area contributed by atoms with Crippen molar-refractivity contribution in [2.24, 2.45) is 5.29 Å². The summed E-state index contributed by atoms with van der Waals surface area (Å²) in [5.74, 6) is 0. The van der Waals surface area contributed by atoms with Crippen LogP contribution in [0, 0.1) is 4.91 Å². The minimum Gasteiger partial charge on any atom is -0.395 e. The molecule has 0 bridgehead atoms. The second kappa shape index (κ2) is 5.73. The van der Waals surface area contributed by atoms with Crippen LogP contribution < -0.4 is 5.32 Å². The van der Waals surface area contributed by atoms with Crippen LogP contribution in [-0.2, 0) is 0 Å². The Morgan fingerprint density at radius 2 is 2.42 bits per heavy atom. The minimum absolute atomic E-state index is 0.0640. The third-order valence-electron chi connectivity index (χ3n) is 1.02. The van der Waals surface area contributed by atoms with Crippen LogP contribution in [0.5, 0.6) is 0 Å². The first-order valence-electron chi connectivity index (χ1n) is 3.28. The lowest BCUT2D eigenvalue weighted by molar-refractivity contribution is 0.192. The Morgan fingerprint density at radius 3 is 2.75 bits per heavy atom. The first kappa shape index (κ1) is 11.1. The molecule has 0 heterocycles. The van der Waals surface area contributed by atoms with Crippen LogP contribution in [0.25, 0.3) is 0 Å². The summed E-state index contributed by atoms with van der Waals surface area (Å²) in [4.78, 5) is 20.9. The molecule has 1 atom stereocenters. The van der Waals surface area contributed by atoms with Crippen molar-refractivity contribution < 1.29 is 9.90 Å². The molecular weight excluding hydrogens is 186 g/mol. The van der Waals surface area contributed by atoms with Crippen LogP contribution in [0.15, 0.2) is 5.29 Å². The summed E-state index contributed by atoms with van der Waals surface area (Å²) in [5.41, 5.74) is -0.804. The number of amides is 2. The Balaban J connectivity index is 3.94. The minimum atomic E-state index is -0.804. The Kier molecular flexibility index (Phi) is 5.31. The highest BCUT2D eigenvalue weighted by Crippen LogP contribution is 2.03. The van der Waals surface area contributed by atoms with Gasteiger partial charge in [-0.05, 0) is 6.92 Å². The second-order valence-electron chi connectivity index (χ2n) is 1.96. The zero-order valence-electron chi connectivity index (χ0n) is 6.53. The topological polar surface area (TPSA) is 82.0 Å². The van der Waals surface area contributed by atoms with Crippen molar-refractivity contribution in [1.82, 2.24) is 10.3 Å². The lowest BCUT2D eigenvalue weighted by Crippen LogP contribution is -2.40. The Bertz CT molecular complexity index is 164. The Morgan fingerprint density at radius 1 is 1.83 bits per heavy atom. The van der Waals surface area contributed by atoms with Crippen molar-refractivity contribution in [2.75, 3.05) is 13.2 Å². The van der Waals surface area contributed by atoms with Crippen molar-refractivity contribution in [3.8, 4) is 0 Å². The maximum atomic E-state index is 10.9. The van der Waals surface area contributed by atoms with E-state index in [0.717, 1.165) is 0 Å².